The summed E-state index contributed by atoms with van der Waals surface area (Å²) in [7, 11) is 0. The zero-order valence-corrected chi connectivity index (χ0v) is 15.3. The van der Waals surface area contributed by atoms with Gasteiger partial charge in [-0.05, 0) is 31.0 Å². The second kappa shape index (κ2) is 8.00. The molecule has 1 fully saturated rings. The van der Waals surface area contributed by atoms with Crippen LogP contribution in [0.3, 0.4) is 0 Å². The molecule has 1 aliphatic rings. The highest BCUT2D eigenvalue weighted by atomic mass is 35.5. The van der Waals surface area contributed by atoms with Gasteiger partial charge in [0.15, 0.2) is 0 Å². The van der Waals surface area contributed by atoms with Gasteiger partial charge < -0.3 is 10.1 Å². The summed E-state index contributed by atoms with van der Waals surface area (Å²) < 4.78 is 5.72. The number of halogens is 1. The van der Waals surface area contributed by atoms with Gasteiger partial charge in [0.2, 0.25) is 5.91 Å². The minimum absolute atomic E-state index is 0.0640. The lowest BCUT2D eigenvalue weighted by Gasteiger charge is -2.40. The summed E-state index contributed by atoms with van der Waals surface area (Å²) in [5.74, 6) is -0.0640. The van der Waals surface area contributed by atoms with Crippen molar-refractivity contribution in [2.24, 2.45) is 0 Å². The SMILES string of the molecule is Cc1cccc(Cl)c1NC(=O)CN1C(C)COCC1c1ccccc1. The first-order valence-corrected chi connectivity index (χ1v) is 8.87. The van der Waals surface area contributed by atoms with Crippen LogP contribution in [0.4, 0.5) is 5.69 Å². The predicted octanol–water partition coefficient (Wildman–Crippen LogP) is 4.05. The molecule has 2 atom stereocenters. The topological polar surface area (TPSA) is 41.6 Å². The van der Waals surface area contributed by atoms with Crippen LogP contribution in [0.2, 0.25) is 5.02 Å². The first-order valence-electron chi connectivity index (χ1n) is 8.49. The molecule has 5 heteroatoms. The van der Waals surface area contributed by atoms with Gasteiger partial charge in [-0.3, -0.25) is 9.69 Å². The van der Waals surface area contributed by atoms with Gasteiger partial charge in [0.05, 0.1) is 36.5 Å². The number of hydrogen-bond acceptors (Lipinski definition) is 3. The molecular weight excluding hydrogens is 336 g/mol. The number of aryl methyl sites for hydroxylation is 1. The summed E-state index contributed by atoms with van der Waals surface area (Å²) in [6.07, 6.45) is 0. The molecule has 1 N–H and O–H groups in total. The van der Waals surface area contributed by atoms with Crippen LogP contribution in [-0.4, -0.2) is 36.6 Å². The number of anilines is 1. The van der Waals surface area contributed by atoms with E-state index in [2.05, 4.69) is 29.3 Å². The van der Waals surface area contributed by atoms with Gasteiger partial charge in [-0.2, -0.15) is 0 Å². The fourth-order valence-electron chi connectivity index (χ4n) is 3.21. The summed E-state index contributed by atoms with van der Waals surface area (Å²) in [4.78, 5) is 14.9. The van der Waals surface area contributed by atoms with Crippen molar-refractivity contribution in [2.45, 2.75) is 25.9 Å². The number of benzene rings is 2. The molecule has 0 aliphatic carbocycles. The van der Waals surface area contributed by atoms with Crippen LogP contribution in [0, 0.1) is 6.92 Å². The molecule has 0 aromatic heterocycles. The Labute approximate surface area is 153 Å². The molecule has 0 radical (unpaired) electrons. The van der Waals surface area contributed by atoms with Crippen LogP contribution in [-0.2, 0) is 9.53 Å². The Morgan fingerprint density at radius 3 is 2.68 bits per heavy atom. The molecule has 0 saturated carbocycles. The largest absolute Gasteiger partial charge is 0.378 e. The third-order valence-electron chi connectivity index (χ3n) is 4.60. The van der Waals surface area contributed by atoms with Gasteiger partial charge in [0.25, 0.3) is 0 Å². The summed E-state index contributed by atoms with van der Waals surface area (Å²) in [5.41, 5.74) is 2.80. The monoisotopic (exact) mass is 358 g/mol. The third-order valence-corrected chi connectivity index (χ3v) is 4.91. The normalized spacial score (nSPS) is 21.1. The van der Waals surface area contributed by atoms with Crippen LogP contribution in [0.15, 0.2) is 48.5 Å². The highest BCUT2D eigenvalue weighted by Crippen LogP contribution is 2.28. The van der Waals surface area contributed by atoms with E-state index in [4.69, 9.17) is 16.3 Å². The standard InChI is InChI=1S/C20H23ClN2O2/c1-14-7-6-10-17(21)20(14)22-19(24)11-23-15(2)12-25-13-18(23)16-8-4-3-5-9-16/h3-10,15,18H,11-13H2,1-2H3,(H,22,24). The van der Waals surface area contributed by atoms with Crippen LogP contribution < -0.4 is 5.32 Å². The van der Waals surface area contributed by atoms with Gasteiger partial charge in [0, 0.05) is 6.04 Å². The zero-order chi connectivity index (χ0) is 17.8. The average molecular weight is 359 g/mol. The zero-order valence-electron chi connectivity index (χ0n) is 14.5. The van der Waals surface area contributed by atoms with Crippen molar-refractivity contribution in [3.05, 3.63) is 64.7 Å². The second-order valence-electron chi connectivity index (χ2n) is 6.47. The Bertz CT molecular complexity index is 715. The molecule has 1 aliphatic heterocycles. The summed E-state index contributed by atoms with van der Waals surface area (Å²) in [6.45, 7) is 5.54. The lowest BCUT2D eigenvalue weighted by molar-refractivity contribution is -0.121. The number of nitrogens with zero attached hydrogens (tertiary/aromatic N) is 1. The van der Waals surface area contributed by atoms with E-state index in [1.54, 1.807) is 6.07 Å². The maximum absolute atomic E-state index is 12.7. The Morgan fingerprint density at radius 1 is 1.20 bits per heavy atom. The Balaban J connectivity index is 1.75. The van der Waals surface area contributed by atoms with Gasteiger partial charge in [-0.1, -0.05) is 54.1 Å². The molecule has 2 aromatic carbocycles. The number of carbonyl (C=O) groups is 1. The van der Waals surface area contributed by atoms with E-state index in [9.17, 15) is 4.79 Å². The number of ether oxygens (including phenoxy) is 1. The highest BCUT2D eigenvalue weighted by Gasteiger charge is 2.31. The summed E-state index contributed by atoms with van der Waals surface area (Å²) >= 11 is 6.22. The number of nitrogens with one attached hydrogen (secondary N) is 1. The van der Waals surface area contributed by atoms with Gasteiger partial charge in [-0.25, -0.2) is 0 Å². The smallest absolute Gasteiger partial charge is 0.238 e. The number of carbonyl (C=O) groups excluding carboxylic acids is 1. The van der Waals surface area contributed by atoms with Gasteiger partial charge in [-0.15, -0.1) is 0 Å². The molecule has 1 amide bonds. The van der Waals surface area contributed by atoms with E-state index in [0.29, 0.717) is 30.5 Å². The quantitative estimate of drug-likeness (QED) is 0.896. The highest BCUT2D eigenvalue weighted by molar-refractivity contribution is 6.33. The average Bonchev–Trinajstić information content (AvgIpc) is 2.61. The minimum Gasteiger partial charge on any atom is -0.378 e. The van der Waals surface area contributed by atoms with Crippen molar-refractivity contribution in [3.8, 4) is 0 Å². The Morgan fingerprint density at radius 2 is 1.96 bits per heavy atom. The first-order chi connectivity index (χ1) is 12.1. The fourth-order valence-corrected chi connectivity index (χ4v) is 3.48. The molecule has 1 heterocycles. The molecule has 3 rings (SSSR count). The molecule has 1 saturated heterocycles. The molecule has 0 spiro atoms. The predicted molar refractivity (Wildman–Crippen MR) is 101 cm³/mol. The van der Waals surface area contributed by atoms with E-state index in [1.165, 1.54) is 0 Å². The molecule has 25 heavy (non-hydrogen) atoms. The Hall–Kier alpha value is -1.88. The van der Waals surface area contributed by atoms with Crippen molar-refractivity contribution in [3.63, 3.8) is 0 Å². The number of morpholine rings is 1. The molecule has 4 nitrogen and oxygen atoms in total. The summed E-state index contributed by atoms with van der Waals surface area (Å²) in [5, 5.41) is 3.52. The minimum atomic E-state index is -0.0640. The number of para-hydroxylation sites is 1. The Kier molecular flexibility index (Phi) is 5.74. The molecule has 2 unspecified atom stereocenters. The lowest BCUT2D eigenvalue weighted by atomic mass is 10.0. The van der Waals surface area contributed by atoms with Crippen molar-refractivity contribution < 1.29 is 9.53 Å². The molecular formula is C20H23ClN2O2. The molecule has 2 aromatic rings. The number of amides is 1. The number of rotatable bonds is 4. The van der Waals surface area contributed by atoms with Crippen LogP contribution in [0.5, 0.6) is 0 Å². The van der Waals surface area contributed by atoms with Crippen LogP contribution in [0.25, 0.3) is 0 Å². The van der Waals surface area contributed by atoms with Crippen LogP contribution in [0.1, 0.15) is 24.1 Å². The maximum Gasteiger partial charge on any atom is 0.238 e. The van der Waals surface area contributed by atoms with Gasteiger partial charge >= 0.3 is 0 Å². The van der Waals surface area contributed by atoms with E-state index < -0.39 is 0 Å². The number of hydrogen-bond donors (Lipinski definition) is 1. The maximum atomic E-state index is 12.7. The van der Waals surface area contributed by atoms with Crippen LogP contribution >= 0.6 is 11.6 Å². The third kappa shape index (κ3) is 4.21. The fraction of sp³-hybridized carbons (Fsp3) is 0.350. The van der Waals surface area contributed by atoms with Crippen molar-refractivity contribution in [1.82, 2.24) is 4.90 Å². The van der Waals surface area contributed by atoms with Crippen molar-refractivity contribution in [1.29, 1.82) is 0 Å². The van der Waals surface area contributed by atoms with E-state index in [-0.39, 0.29) is 18.0 Å². The molecule has 132 valence electrons. The first kappa shape index (κ1) is 17.9. The van der Waals surface area contributed by atoms with Gasteiger partial charge in [0.1, 0.15) is 0 Å². The summed E-state index contributed by atoms with van der Waals surface area (Å²) in [6, 6.07) is 16.0. The second-order valence-corrected chi connectivity index (χ2v) is 6.87. The van der Waals surface area contributed by atoms with E-state index in [1.807, 2.05) is 37.3 Å². The van der Waals surface area contributed by atoms with Crippen molar-refractivity contribution >= 4 is 23.2 Å². The molecule has 0 bridgehead atoms. The van der Waals surface area contributed by atoms with E-state index >= 15 is 0 Å². The van der Waals surface area contributed by atoms with Crippen molar-refractivity contribution in [2.75, 3.05) is 25.1 Å². The van der Waals surface area contributed by atoms with E-state index in [0.717, 1.165) is 11.1 Å². The lowest BCUT2D eigenvalue weighted by Crippen LogP contribution is -2.49.